The van der Waals surface area contributed by atoms with E-state index in [0.717, 1.165) is 6.42 Å². The minimum atomic E-state index is -0.332. The quantitative estimate of drug-likeness (QED) is 0.700. The molecular weight excluding hydrogens is 318 g/mol. The molecule has 0 radical (unpaired) electrons. The summed E-state index contributed by atoms with van der Waals surface area (Å²) in [4.78, 5) is 36.8. The van der Waals surface area contributed by atoms with Gasteiger partial charge >= 0.3 is 5.69 Å². The summed E-state index contributed by atoms with van der Waals surface area (Å²) in [6, 6.07) is 0. The summed E-state index contributed by atoms with van der Waals surface area (Å²) in [6.07, 6.45) is 0.799. The Morgan fingerprint density at radius 1 is 1.39 bits per heavy atom. The van der Waals surface area contributed by atoms with Crippen molar-refractivity contribution >= 4 is 23.6 Å². The van der Waals surface area contributed by atoms with Crippen molar-refractivity contribution in [2.24, 2.45) is 0 Å². The van der Waals surface area contributed by atoms with Crippen molar-refractivity contribution < 1.29 is 9.59 Å². The van der Waals surface area contributed by atoms with Crippen LogP contribution in [-0.2, 0) is 16.1 Å². The smallest absolute Gasteiger partial charge is 0.343 e. The normalized spacial score (nSPS) is 11.3. The summed E-state index contributed by atoms with van der Waals surface area (Å²) in [5.41, 5.74) is -0.610. The maximum atomic E-state index is 12.1. The van der Waals surface area contributed by atoms with Crippen molar-refractivity contribution in [2.45, 2.75) is 51.4 Å². The minimum Gasteiger partial charge on any atom is -0.350 e. The zero-order valence-electron chi connectivity index (χ0n) is 14.3. The Kier molecular flexibility index (Phi) is 6.86. The molecule has 0 saturated carbocycles. The first kappa shape index (κ1) is 19.3. The molecule has 0 aliphatic rings. The third-order valence-corrected chi connectivity index (χ3v) is 3.78. The summed E-state index contributed by atoms with van der Waals surface area (Å²) in [5, 5.41) is 9.58. The monoisotopic (exact) mass is 343 g/mol. The van der Waals surface area contributed by atoms with Crippen LogP contribution in [0.4, 0.5) is 0 Å². The fourth-order valence-electron chi connectivity index (χ4n) is 1.83. The lowest BCUT2D eigenvalue weighted by atomic mass is 10.1. The lowest BCUT2D eigenvalue weighted by molar-refractivity contribution is -0.133. The molecule has 23 heavy (non-hydrogen) atoms. The van der Waals surface area contributed by atoms with Gasteiger partial charge in [0.25, 0.3) is 0 Å². The minimum absolute atomic E-state index is 0.000998. The molecule has 0 aliphatic heterocycles. The number of carbonyl (C=O) groups is 2. The molecule has 130 valence electrons. The molecule has 1 heterocycles. The lowest BCUT2D eigenvalue weighted by Crippen LogP contribution is -2.46. The molecule has 8 nitrogen and oxygen atoms in total. The largest absolute Gasteiger partial charge is 0.350 e. The molecule has 0 saturated heterocycles. The van der Waals surface area contributed by atoms with Crippen molar-refractivity contribution in [3.63, 3.8) is 0 Å². The third-order valence-electron chi connectivity index (χ3n) is 2.82. The van der Waals surface area contributed by atoms with E-state index in [9.17, 15) is 14.4 Å². The van der Waals surface area contributed by atoms with Gasteiger partial charge in [0.2, 0.25) is 11.8 Å². The van der Waals surface area contributed by atoms with Crippen LogP contribution in [-0.4, -0.2) is 56.4 Å². The van der Waals surface area contributed by atoms with E-state index in [0.29, 0.717) is 11.7 Å². The number of amides is 2. The van der Waals surface area contributed by atoms with Gasteiger partial charge < -0.3 is 10.2 Å². The molecular formula is C14H25N5O3S. The Morgan fingerprint density at radius 2 is 2.04 bits per heavy atom. The van der Waals surface area contributed by atoms with Crippen LogP contribution in [0.15, 0.2) is 9.95 Å². The van der Waals surface area contributed by atoms with E-state index in [-0.39, 0.29) is 35.3 Å². The van der Waals surface area contributed by atoms with Crippen molar-refractivity contribution in [2.75, 3.05) is 19.3 Å². The Morgan fingerprint density at radius 3 is 2.61 bits per heavy atom. The lowest BCUT2D eigenvalue weighted by Gasteiger charge is -2.23. The van der Waals surface area contributed by atoms with E-state index < -0.39 is 0 Å². The summed E-state index contributed by atoms with van der Waals surface area (Å²) in [5.74, 6) is -0.286. The third kappa shape index (κ3) is 6.47. The Labute approximate surface area is 140 Å². The highest BCUT2D eigenvalue weighted by atomic mass is 32.2. The molecule has 2 amide bonds. The number of carbonyl (C=O) groups excluding carboxylic acids is 2. The highest BCUT2D eigenvalue weighted by Gasteiger charge is 2.18. The zero-order valence-corrected chi connectivity index (χ0v) is 15.1. The van der Waals surface area contributed by atoms with E-state index in [1.807, 2.05) is 27.7 Å². The van der Waals surface area contributed by atoms with Gasteiger partial charge in [-0.05, 0) is 27.2 Å². The van der Waals surface area contributed by atoms with E-state index in [4.69, 9.17) is 0 Å². The second-order valence-corrected chi connectivity index (χ2v) is 7.24. The van der Waals surface area contributed by atoms with Gasteiger partial charge in [0.1, 0.15) is 0 Å². The summed E-state index contributed by atoms with van der Waals surface area (Å²) in [7, 11) is 1.58. The van der Waals surface area contributed by atoms with Gasteiger partial charge in [-0.1, -0.05) is 18.7 Å². The number of thioether (sulfide) groups is 1. The number of likely N-dealkylation sites (N-methyl/N-ethyl adjacent to an activating group) is 1. The number of aromatic nitrogens is 3. The molecule has 0 unspecified atom stereocenters. The fraction of sp³-hybridized carbons (Fsp3) is 0.714. The van der Waals surface area contributed by atoms with E-state index in [1.54, 1.807) is 7.05 Å². The van der Waals surface area contributed by atoms with Crippen molar-refractivity contribution in [3.05, 3.63) is 10.5 Å². The van der Waals surface area contributed by atoms with Crippen molar-refractivity contribution in [1.29, 1.82) is 0 Å². The van der Waals surface area contributed by atoms with Crippen LogP contribution in [0.1, 0.15) is 34.1 Å². The molecule has 1 aromatic rings. The Hall–Kier alpha value is -1.77. The number of rotatable bonds is 7. The van der Waals surface area contributed by atoms with Gasteiger partial charge in [-0.15, -0.1) is 5.10 Å². The second-order valence-electron chi connectivity index (χ2n) is 6.30. The maximum absolute atomic E-state index is 12.1. The molecule has 0 spiro atoms. The van der Waals surface area contributed by atoms with Crippen LogP contribution < -0.4 is 11.0 Å². The van der Waals surface area contributed by atoms with E-state index in [2.05, 4.69) is 15.5 Å². The summed E-state index contributed by atoms with van der Waals surface area (Å²) >= 11 is 1.18. The molecule has 1 aromatic heterocycles. The first-order valence-electron chi connectivity index (χ1n) is 7.47. The van der Waals surface area contributed by atoms with Crippen LogP contribution >= 0.6 is 11.8 Å². The molecule has 0 aromatic carbocycles. The van der Waals surface area contributed by atoms with Crippen LogP contribution in [0.2, 0.25) is 0 Å². The predicted octanol–water partition coefficient (Wildman–Crippen LogP) is 0.447. The Balaban J connectivity index is 2.53. The van der Waals surface area contributed by atoms with Crippen molar-refractivity contribution in [3.8, 4) is 0 Å². The van der Waals surface area contributed by atoms with E-state index >= 15 is 0 Å². The topological polar surface area (TPSA) is 100 Å². The van der Waals surface area contributed by atoms with Crippen molar-refractivity contribution in [1.82, 2.24) is 25.0 Å². The Bertz CT molecular complexity index is 602. The van der Waals surface area contributed by atoms with E-state index in [1.165, 1.54) is 21.2 Å². The van der Waals surface area contributed by atoms with Crippen LogP contribution in [0.25, 0.3) is 0 Å². The van der Waals surface area contributed by atoms with Gasteiger partial charge in [-0.25, -0.2) is 9.89 Å². The molecule has 2 N–H and O–H groups in total. The van der Waals surface area contributed by atoms with Gasteiger partial charge in [0.15, 0.2) is 5.16 Å². The number of aromatic amines is 1. The molecule has 9 heteroatoms. The number of hydrogen-bond donors (Lipinski definition) is 2. The number of nitrogens with zero attached hydrogens (tertiary/aromatic N) is 3. The molecule has 0 fully saturated rings. The number of nitrogens with one attached hydrogen (secondary N) is 2. The zero-order chi connectivity index (χ0) is 17.6. The number of H-pyrrole nitrogens is 1. The summed E-state index contributed by atoms with van der Waals surface area (Å²) < 4.78 is 1.50. The predicted molar refractivity (Wildman–Crippen MR) is 89.4 cm³/mol. The maximum Gasteiger partial charge on any atom is 0.343 e. The first-order valence-corrected chi connectivity index (χ1v) is 8.45. The SMILES string of the molecule is CCCn1c(SCC(=O)N(C)CC(=O)NC(C)(C)C)n[nH]c1=O. The average molecular weight is 343 g/mol. The highest BCUT2D eigenvalue weighted by Crippen LogP contribution is 2.14. The van der Waals surface area contributed by atoms with Gasteiger partial charge in [-0.2, -0.15) is 0 Å². The summed E-state index contributed by atoms with van der Waals surface area (Å²) in [6.45, 7) is 8.16. The molecule has 0 bridgehead atoms. The second kappa shape index (κ2) is 8.19. The highest BCUT2D eigenvalue weighted by molar-refractivity contribution is 7.99. The van der Waals surface area contributed by atoms with Gasteiger partial charge in [-0.3, -0.25) is 14.2 Å². The molecule has 0 aliphatic carbocycles. The van der Waals surface area contributed by atoms with Crippen LogP contribution in [0.5, 0.6) is 0 Å². The number of hydrogen-bond acceptors (Lipinski definition) is 5. The molecule has 1 rings (SSSR count). The van der Waals surface area contributed by atoms with Crippen LogP contribution in [0.3, 0.4) is 0 Å². The standard InChI is InChI=1S/C14H25N5O3S/c1-6-7-19-12(22)16-17-13(19)23-9-11(21)18(5)8-10(20)15-14(2,3)4/h6-9H2,1-5H3,(H,15,20)(H,16,22). The fourth-order valence-corrected chi connectivity index (χ4v) is 2.75. The first-order chi connectivity index (χ1) is 10.6. The van der Waals surface area contributed by atoms with Crippen LogP contribution in [0, 0.1) is 0 Å². The van der Waals surface area contributed by atoms with Gasteiger partial charge in [0, 0.05) is 19.1 Å². The average Bonchev–Trinajstić information content (AvgIpc) is 2.75. The van der Waals surface area contributed by atoms with Gasteiger partial charge in [0.05, 0.1) is 12.3 Å². The molecule has 0 atom stereocenters.